The van der Waals surface area contributed by atoms with Crippen molar-refractivity contribution in [2.45, 2.75) is 19.4 Å². The average molecular weight is 271 g/mol. The summed E-state index contributed by atoms with van der Waals surface area (Å²) in [5.41, 5.74) is 8.35. The third-order valence-electron chi connectivity index (χ3n) is 3.16. The van der Waals surface area contributed by atoms with Gasteiger partial charge in [-0.1, -0.05) is 37.3 Å². The molecule has 0 aromatic heterocycles. The highest BCUT2D eigenvalue weighted by molar-refractivity contribution is 5.43. The summed E-state index contributed by atoms with van der Waals surface area (Å²) < 4.78 is 11.0. The average Bonchev–Trinajstić information content (AvgIpc) is 2.52. The largest absolute Gasteiger partial charge is 0.496 e. The SMILES string of the molecule is CCCOc1cccc(C(N)c2ccccc2OC)c1. The molecule has 20 heavy (non-hydrogen) atoms. The van der Waals surface area contributed by atoms with Crippen LogP contribution in [0.25, 0.3) is 0 Å². The first kappa shape index (κ1) is 14.4. The van der Waals surface area contributed by atoms with Crippen molar-refractivity contribution in [2.24, 2.45) is 5.73 Å². The van der Waals surface area contributed by atoms with Gasteiger partial charge in [0.1, 0.15) is 11.5 Å². The fourth-order valence-electron chi connectivity index (χ4n) is 2.12. The lowest BCUT2D eigenvalue weighted by molar-refractivity contribution is 0.317. The van der Waals surface area contributed by atoms with E-state index in [0.717, 1.165) is 29.0 Å². The van der Waals surface area contributed by atoms with Gasteiger partial charge >= 0.3 is 0 Å². The molecule has 0 saturated carbocycles. The Bertz CT molecular complexity index is 554. The van der Waals surface area contributed by atoms with Gasteiger partial charge in [-0.3, -0.25) is 0 Å². The molecule has 1 unspecified atom stereocenters. The van der Waals surface area contributed by atoms with Crippen molar-refractivity contribution in [3.05, 3.63) is 59.7 Å². The lowest BCUT2D eigenvalue weighted by atomic mass is 9.98. The van der Waals surface area contributed by atoms with E-state index in [0.29, 0.717) is 6.61 Å². The van der Waals surface area contributed by atoms with Crippen molar-refractivity contribution < 1.29 is 9.47 Å². The first-order valence-corrected chi connectivity index (χ1v) is 6.87. The summed E-state index contributed by atoms with van der Waals surface area (Å²) >= 11 is 0. The van der Waals surface area contributed by atoms with Gasteiger partial charge in [0.15, 0.2) is 0 Å². The minimum absolute atomic E-state index is 0.226. The Labute approximate surface area is 120 Å². The van der Waals surface area contributed by atoms with Crippen molar-refractivity contribution >= 4 is 0 Å². The highest BCUT2D eigenvalue weighted by Gasteiger charge is 2.14. The van der Waals surface area contributed by atoms with E-state index in [1.54, 1.807) is 7.11 Å². The number of nitrogens with two attached hydrogens (primary N) is 1. The molecule has 2 rings (SSSR count). The molecule has 2 aromatic rings. The second kappa shape index (κ2) is 6.96. The number of methoxy groups -OCH3 is 1. The third kappa shape index (κ3) is 3.31. The molecule has 3 nitrogen and oxygen atoms in total. The van der Waals surface area contributed by atoms with Crippen LogP contribution < -0.4 is 15.2 Å². The monoisotopic (exact) mass is 271 g/mol. The second-order valence-electron chi connectivity index (χ2n) is 4.64. The summed E-state index contributed by atoms with van der Waals surface area (Å²) in [7, 11) is 1.66. The molecule has 1 atom stereocenters. The Morgan fingerprint density at radius 1 is 1.10 bits per heavy atom. The van der Waals surface area contributed by atoms with E-state index < -0.39 is 0 Å². The van der Waals surface area contributed by atoms with Crippen LogP contribution >= 0.6 is 0 Å². The lowest BCUT2D eigenvalue weighted by Gasteiger charge is -2.17. The van der Waals surface area contributed by atoms with E-state index in [4.69, 9.17) is 15.2 Å². The highest BCUT2D eigenvalue weighted by Crippen LogP contribution is 2.29. The summed E-state index contributed by atoms with van der Waals surface area (Å²) in [6, 6.07) is 15.5. The van der Waals surface area contributed by atoms with Crippen LogP contribution in [0, 0.1) is 0 Å². The van der Waals surface area contributed by atoms with Gasteiger partial charge in [-0.25, -0.2) is 0 Å². The minimum Gasteiger partial charge on any atom is -0.496 e. The van der Waals surface area contributed by atoms with Gasteiger partial charge in [0, 0.05) is 5.56 Å². The Morgan fingerprint density at radius 3 is 2.65 bits per heavy atom. The van der Waals surface area contributed by atoms with Gasteiger partial charge in [-0.15, -0.1) is 0 Å². The van der Waals surface area contributed by atoms with Crippen LogP contribution in [-0.4, -0.2) is 13.7 Å². The second-order valence-corrected chi connectivity index (χ2v) is 4.64. The van der Waals surface area contributed by atoms with E-state index in [1.807, 2.05) is 48.5 Å². The zero-order valence-electron chi connectivity index (χ0n) is 12.0. The van der Waals surface area contributed by atoms with E-state index in [9.17, 15) is 0 Å². The molecule has 0 heterocycles. The third-order valence-corrected chi connectivity index (χ3v) is 3.16. The van der Waals surface area contributed by atoms with Gasteiger partial charge in [-0.05, 0) is 30.2 Å². The molecular weight excluding hydrogens is 250 g/mol. The van der Waals surface area contributed by atoms with Gasteiger partial charge in [0.05, 0.1) is 19.8 Å². The van der Waals surface area contributed by atoms with Crippen LogP contribution in [0.15, 0.2) is 48.5 Å². The van der Waals surface area contributed by atoms with Gasteiger partial charge in [-0.2, -0.15) is 0 Å². The van der Waals surface area contributed by atoms with Crippen LogP contribution in [-0.2, 0) is 0 Å². The maximum Gasteiger partial charge on any atom is 0.123 e. The summed E-state index contributed by atoms with van der Waals surface area (Å²) in [5.74, 6) is 1.66. The number of ether oxygens (including phenoxy) is 2. The number of benzene rings is 2. The molecule has 0 spiro atoms. The summed E-state index contributed by atoms with van der Waals surface area (Å²) in [4.78, 5) is 0. The van der Waals surface area contributed by atoms with Crippen LogP contribution in [0.5, 0.6) is 11.5 Å². The van der Waals surface area contributed by atoms with Crippen molar-refractivity contribution in [2.75, 3.05) is 13.7 Å². The van der Waals surface area contributed by atoms with E-state index in [2.05, 4.69) is 6.92 Å². The van der Waals surface area contributed by atoms with Crippen molar-refractivity contribution in [3.8, 4) is 11.5 Å². The van der Waals surface area contributed by atoms with Gasteiger partial charge in [0.25, 0.3) is 0 Å². The molecule has 0 saturated heterocycles. The van der Waals surface area contributed by atoms with Crippen LogP contribution in [0.2, 0.25) is 0 Å². The van der Waals surface area contributed by atoms with Crippen LogP contribution in [0.4, 0.5) is 0 Å². The summed E-state index contributed by atoms with van der Waals surface area (Å²) in [6.07, 6.45) is 0.989. The first-order valence-electron chi connectivity index (χ1n) is 6.87. The van der Waals surface area contributed by atoms with Crippen molar-refractivity contribution in [1.82, 2.24) is 0 Å². The van der Waals surface area contributed by atoms with Gasteiger partial charge in [0.2, 0.25) is 0 Å². The smallest absolute Gasteiger partial charge is 0.123 e. The van der Waals surface area contributed by atoms with Crippen molar-refractivity contribution in [3.63, 3.8) is 0 Å². The Kier molecular flexibility index (Phi) is 5.02. The molecule has 0 radical (unpaired) electrons. The maximum atomic E-state index is 6.35. The maximum absolute atomic E-state index is 6.35. The predicted molar refractivity (Wildman–Crippen MR) is 81.3 cm³/mol. The molecule has 2 N–H and O–H groups in total. The number of para-hydroxylation sites is 1. The molecule has 0 aliphatic rings. The fraction of sp³-hybridized carbons (Fsp3) is 0.294. The molecule has 0 aliphatic carbocycles. The molecular formula is C17H21NO2. The zero-order valence-corrected chi connectivity index (χ0v) is 12.0. The van der Waals surface area contributed by atoms with E-state index in [-0.39, 0.29) is 6.04 Å². The Morgan fingerprint density at radius 2 is 1.90 bits per heavy atom. The molecule has 2 aromatic carbocycles. The zero-order chi connectivity index (χ0) is 14.4. The molecule has 3 heteroatoms. The quantitative estimate of drug-likeness (QED) is 0.874. The Hall–Kier alpha value is -2.00. The Balaban J connectivity index is 2.26. The summed E-state index contributed by atoms with van der Waals surface area (Å²) in [5, 5.41) is 0. The fourth-order valence-corrected chi connectivity index (χ4v) is 2.12. The summed E-state index contributed by atoms with van der Waals surface area (Å²) in [6.45, 7) is 2.80. The molecule has 0 amide bonds. The first-order chi connectivity index (χ1) is 9.76. The van der Waals surface area contributed by atoms with Crippen LogP contribution in [0.3, 0.4) is 0 Å². The number of hydrogen-bond donors (Lipinski definition) is 1. The van der Waals surface area contributed by atoms with E-state index in [1.165, 1.54) is 0 Å². The lowest BCUT2D eigenvalue weighted by Crippen LogP contribution is -2.13. The standard InChI is InChI=1S/C17H21NO2/c1-3-11-20-14-8-6-7-13(12-14)17(18)15-9-4-5-10-16(15)19-2/h4-10,12,17H,3,11,18H2,1-2H3. The molecule has 106 valence electrons. The topological polar surface area (TPSA) is 44.5 Å². The predicted octanol–water partition coefficient (Wildman–Crippen LogP) is 3.53. The van der Waals surface area contributed by atoms with Crippen LogP contribution in [0.1, 0.15) is 30.5 Å². The molecule has 0 bridgehead atoms. The minimum atomic E-state index is -0.226. The number of hydrogen-bond acceptors (Lipinski definition) is 3. The number of rotatable bonds is 6. The molecule has 0 aliphatic heterocycles. The highest BCUT2D eigenvalue weighted by atomic mass is 16.5. The normalized spacial score (nSPS) is 11.9. The van der Waals surface area contributed by atoms with E-state index >= 15 is 0 Å². The van der Waals surface area contributed by atoms with Gasteiger partial charge < -0.3 is 15.2 Å². The molecule has 0 fully saturated rings. The van der Waals surface area contributed by atoms with Crippen molar-refractivity contribution in [1.29, 1.82) is 0 Å².